The van der Waals surface area contributed by atoms with Gasteiger partial charge in [-0.2, -0.15) is 0 Å². The van der Waals surface area contributed by atoms with Gasteiger partial charge >= 0.3 is 0 Å². The van der Waals surface area contributed by atoms with Crippen LogP contribution in [-0.2, 0) is 0 Å². The zero-order valence-corrected chi connectivity index (χ0v) is 11.5. The van der Waals surface area contributed by atoms with Crippen LogP contribution in [0.15, 0.2) is 22.7 Å². The standard InChI is InChI=1S/C11H16BrN3O2/c1-14(2)7-3-6-13-10-8-9(12)4-5-11(10)15(16)17/h4-5,8,13H,3,6-7H2,1-2H3. The number of hydrogen-bond acceptors (Lipinski definition) is 4. The fraction of sp³-hybridized carbons (Fsp3) is 0.455. The number of nitrogens with zero attached hydrogens (tertiary/aromatic N) is 2. The van der Waals surface area contributed by atoms with Crippen molar-refractivity contribution in [2.75, 3.05) is 32.5 Å². The summed E-state index contributed by atoms with van der Waals surface area (Å²) in [4.78, 5) is 12.5. The van der Waals surface area contributed by atoms with Gasteiger partial charge in [0, 0.05) is 17.1 Å². The minimum atomic E-state index is -0.374. The summed E-state index contributed by atoms with van der Waals surface area (Å²) in [5.41, 5.74) is 0.668. The largest absolute Gasteiger partial charge is 0.379 e. The monoisotopic (exact) mass is 301 g/mol. The number of benzene rings is 1. The Bertz CT molecular complexity index is 396. The third-order valence-corrected chi connectivity index (χ3v) is 2.75. The molecule has 5 nitrogen and oxygen atoms in total. The average Bonchev–Trinajstić information content (AvgIpc) is 2.23. The van der Waals surface area contributed by atoms with Crippen LogP contribution in [0.3, 0.4) is 0 Å². The van der Waals surface area contributed by atoms with E-state index in [1.165, 1.54) is 6.07 Å². The number of nitro groups is 1. The first-order valence-electron chi connectivity index (χ1n) is 5.33. The average molecular weight is 302 g/mol. The van der Waals surface area contributed by atoms with Crippen LogP contribution in [0.25, 0.3) is 0 Å². The molecule has 1 rings (SSSR count). The van der Waals surface area contributed by atoms with Gasteiger partial charge in [-0.15, -0.1) is 0 Å². The Morgan fingerprint density at radius 1 is 1.47 bits per heavy atom. The molecule has 0 amide bonds. The molecule has 1 aromatic rings. The van der Waals surface area contributed by atoms with Crippen LogP contribution in [0, 0.1) is 10.1 Å². The molecule has 0 aliphatic carbocycles. The first kappa shape index (κ1) is 13.9. The highest BCUT2D eigenvalue weighted by atomic mass is 79.9. The van der Waals surface area contributed by atoms with E-state index in [1.54, 1.807) is 12.1 Å². The van der Waals surface area contributed by atoms with Crippen molar-refractivity contribution >= 4 is 27.3 Å². The molecule has 6 heteroatoms. The molecule has 0 aromatic heterocycles. The summed E-state index contributed by atoms with van der Waals surface area (Å²) < 4.78 is 0.832. The van der Waals surface area contributed by atoms with E-state index in [1.807, 2.05) is 14.1 Å². The minimum absolute atomic E-state index is 0.109. The summed E-state index contributed by atoms with van der Waals surface area (Å²) in [6, 6.07) is 4.90. The number of nitro benzene ring substituents is 1. The van der Waals surface area contributed by atoms with Crippen molar-refractivity contribution in [2.45, 2.75) is 6.42 Å². The van der Waals surface area contributed by atoms with Crippen molar-refractivity contribution in [1.82, 2.24) is 4.90 Å². The van der Waals surface area contributed by atoms with Crippen molar-refractivity contribution in [3.05, 3.63) is 32.8 Å². The summed E-state index contributed by atoms with van der Waals surface area (Å²) in [6.07, 6.45) is 0.941. The van der Waals surface area contributed by atoms with Crippen molar-refractivity contribution < 1.29 is 4.92 Å². The van der Waals surface area contributed by atoms with Crippen LogP contribution in [-0.4, -0.2) is 37.0 Å². The van der Waals surface area contributed by atoms with Crippen molar-refractivity contribution in [1.29, 1.82) is 0 Å². The highest BCUT2D eigenvalue weighted by Crippen LogP contribution is 2.27. The van der Waals surface area contributed by atoms with E-state index >= 15 is 0 Å². The van der Waals surface area contributed by atoms with Crippen LogP contribution in [0.5, 0.6) is 0 Å². The fourth-order valence-electron chi connectivity index (χ4n) is 1.43. The molecule has 0 spiro atoms. The van der Waals surface area contributed by atoms with Crippen LogP contribution < -0.4 is 5.32 Å². The molecule has 0 unspecified atom stereocenters. The SMILES string of the molecule is CN(C)CCCNc1cc(Br)ccc1[N+](=O)[O-]. The minimum Gasteiger partial charge on any atom is -0.379 e. The Kier molecular flexibility index (Phi) is 5.37. The van der Waals surface area contributed by atoms with Gasteiger partial charge in [-0.25, -0.2) is 0 Å². The van der Waals surface area contributed by atoms with Crippen LogP contribution in [0.4, 0.5) is 11.4 Å². The van der Waals surface area contributed by atoms with Crippen LogP contribution in [0.2, 0.25) is 0 Å². The van der Waals surface area contributed by atoms with Gasteiger partial charge in [-0.1, -0.05) is 15.9 Å². The zero-order chi connectivity index (χ0) is 12.8. The van der Waals surface area contributed by atoms with Gasteiger partial charge in [-0.3, -0.25) is 10.1 Å². The molecular weight excluding hydrogens is 286 g/mol. The number of halogens is 1. The second kappa shape index (κ2) is 6.56. The quantitative estimate of drug-likeness (QED) is 0.499. The molecule has 0 saturated heterocycles. The van der Waals surface area contributed by atoms with Gasteiger partial charge in [0.2, 0.25) is 0 Å². The molecular formula is C11H16BrN3O2. The summed E-state index contributed by atoms with van der Waals surface area (Å²) in [7, 11) is 4.00. The van der Waals surface area contributed by atoms with E-state index in [0.29, 0.717) is 5.69 Å². The van der Waals surface area contributed by atoms with Crippen molar-refractivity contribution in [3.8, 4) is 0 Å². The maximum Gasteiger partial charge on any atom is 0.292 e. The number of rotatable bonds is 6. The van der Waals surface area contributed by atoms with E-state index in [9.17, 15) is 10.1 Å². The highest BCUT2D eigenvalue weighted by molar-refractivity contribution is 9.10. The van der Waals surface area contributed by atoms with Gasteiger partial charge in [0.15, 0.2) is 0 Å². The lowest BCUT2D eigenvalue weighted by molar-refractivity contribution is -0.384. The van der Waals surface area contributed by atoms with E-state index in [0.717, 1.165) is 24.0 Å². The maximum atomic E-state index is 10.8. The van der Waals surface area contributed by atoms with Crippen molar-refractivity contribution in [3.63, 3.8) is 0 Å². The Labute approximate surface area is 109 Å². The molecule has 1 aromatic carbocycles. The smallest absolute Gasteiger partial charge is 0.292 e. The number of anilines is 1. The molecule has 0 aliphatic heterocycles. The van der Waals surface area contributed by atoms with E-state index in [2.05, 4.69) is 26.1 Å². The summed E-state index contributed by atoms with van der Waals surface area (Å²) in [5.74, 6) is 0. The maximum absolute atomic E-state index is 10.8. The third kappa shape index (κ3) is 4.70. The summed E-state index contributed by atoms with van der Waals surface area (Å²) >= 11 is 3.31. The first-order chi connectivity index (χ1) is 8.00. The van der Waals surface area contributed by atoms with E-state index in [-0.39, 0.29) is 10.6 Å². The Balaban J connectivity index is 2.62. The second-order valence-electron chi connectivity index (χ2n) is 4.00. The van der Waals surface area contributed by atoms with Gasteiger partial charge in [0.05, 0.1) is 4.92 Å². The van der Waals surface area contributed by atoms with E-state index < -0.39 is 0 Å². The van der Waals surface area contributed by atoms with Crippen LogP contribution >= 0.6 is 15.9 Å². The molecule has 0 fully saturated rings. The molecule has 0 heterocycles. The van der Waals surface area contributed by atoms with E-state index in [4.69, 9.17) is 0 Å². The molecule has 0 saturated carbocycles. The lowest BCUT2D eigenvalue weighted by Crippen LogP contribution is -2.16. The lowest BCUT2D eigenvalue weighted by Gasteiger charge is -2.11. The fourth-order valence-corrected chi connectivity index (χ4v) is 1.79. The van der Waals surface area contributed by atoms with Gasteiger partial charge < -0.3 is 10.2 Å². The molecule has 17 heavy (non-hydrogen) atoms. The molecule has 0 bridgehead atoms. The topological polar surface area (TPSA) is 58.4 Å². The first-order valence-corrected chi connectivity index (χ1v) is 6.12. The summed E-state index contributed by atoms with van der Waals surface area (Å²) in [6.45, 7) is 1.67. The molecule has 0 atom stereocenters. The third-order valence-electron chi connectivity index (χ3n) is 2.25. The zero-order valence-electron chi connectivity index (χ0n) is 9.94. The van der Waals surface area contributed by atoms with Gasteiger partial charge in [0.1, 0.15) is 5.69 Å². The normalized spacial score (nSPS) is 10.6. The molecule has 94 valence electrons. The number of nitrogens with one attached hydrogen (secondary N) is 1. The van der Waals surface area contributed by atoms with Crippen molar-refractivity contribution in [2.24, 2.45) is 0 Å². The Morgan fingerprint density at radius 3 is 2.76 bits per heavy atom. The highest BCUT2D eigenvalue weighted by Gasteiger charge is 2.12. The molecule has 0 aliphatic rings. The van der Waals surface area contributed by atoms with Crippen LogP contribution in [0.1, 0.15) is 6.42 Å². The molecule has 1 N–H and O–H groups in total. The van der Waals surface area contributed by atoms with Gasteiger partial charge in [0.25, 0.3) is 5.69 Å². The number of hydrogen-bond donors (Lipinski definition) is 1. The molecule has 0 radical (unpaired) electrons. The predicted molar refractivity (Wildman–Crippen MR) is 72.5 cm³/mol. The summed E-state index contributed by atoms with van der Waals surface area (Å²) in [5, 5.41) is 13.9. The van der Waals surface area contributed by atoms with Gasteiger partial charge in [-0.05, 0) is 39.2 Å². The second-order valence-corrected chi connectivity index (χ2v) is 4.92. The lowest BCUT2D eigenvalue weighted by atomic mass is 10.2. The Hall–Kier alpha value is -1.14. The Morgan fingerprint density at radius 2 is 2.18 bits per heavy atom. The predicted octanol–water partition coefficient (Wildman–Crippen LogP) is 2.72.